The average Bonchev–Trinajstić information content (AvgIpc) is 2.02. The molecule has 0 amide bonds. The van der Waals surface area contributed by atoms with Gasteiger partial charge in [-0.05, 0) is 25.7 Å². The van der Waals surface area contributed by atoms with Crippen LogP contribution in [0.25, 0.3) is 0 Å². The summed E-state index contributed by atoms with van der Waals surface area (Å²) >= 11 is -1.90. The fraction of sp³-hybridized carbons (Fsp3) is 1.00. The van der Waals surface area contributed by atoms with Crippen LogP contribution in [0.5, 0.6) is 0 Å². The zero-order valence-electron chi connectivity index (χ0n) is 9.67. The molecule has 0 fully saturated rings. The summed E-state index contributed by atoms with van der Waals surface area (Å²) in [5.74, 6) is 0.704. The van der Waals surface area contributed by atoms with Crippen molar-refractivity contribution in [2.45, 2.75) is 58.9 Å². The maximum Gasteiger partial charge on any atom is 0.232 e. The van der Waals surface area contributed by atoms with Crippen molar-refractivity contribution in [1.29, 1.82) is 0 Å². The summed E-state index contributed by atoms with van der Waals surface area (Å²) in [6.07, 6.45) is 4.10. The highest BCUT2D eigenvalue weighted by Gasteiger charge is 2.23. The lowest BCUT2D eigenvalue weighted by Crippen LogP contribution is -2.42. The third-order valence-corrected chi connectivity index (χ3v) is 3.29. The zero-order valence-corrected chi connectivity index (χ0v) is 10.5. The summed E-state index contributed by atoms with van der Waals surface area (Å²) < 4.78 is 22.2. The minimum atomic E-state index is -1.90. The fourth-order valence-corrected chi connectivity index (χ4v) is 2.08. The van der Waals surface area contributed by atoms with Crippen LogP contribution in [-0.2, 0) is 11.3 Å². The summed E-state index contributed by atoms with van der Waals surface area (Å²) in [5, 5.41) is 0. The lowest BCUT2D eigenvalue weighted by molar-refractivity contribution is 0.346. The van der Waals surface area contributed by atoms with Crippen LogP contribution in [0.2, 0.25) is 0 Å². The van der Waals surface area contributed by atoms with Crippen LogP contribution in [0.15, 0.2) is 0 Å². The molecule has 0 spiro atoms. The van der Waals surface area contributed by atoms with Gasteiger partial charge in [0.1, 0.15) is 0 Å². The van der Waals surface area contributed by atoms with E-state index >= 15 is 0 Å². The first kappa shape index (κ1) is 14.1. The van der Waals surface area contributed by atoms with Gasteiger partial charge in [-0.25, -0.2) is 8.93 Å². The van der Waals surface area contributed by atoms with Crippen LogP contribution in [0.1, 0.15) is 53.4 Å². The highest BCUT2D eigenvalue weighted by atomic mass is 32.2. The van der Waals surface area contributed by atoms with Gasteiger partial charge in [-0.15, -0.1) is 0 Å². The molecule has 0 aliphatic heterocycles. The highest BCUT2D eigenvalue weighted by molar-refractivity contribution is 7.77. The molecule has 4 heteroatoms. The van der Waals surface area contributed by atoms with Crippen molar-refractivity contribution < 1.29 is 8.76 Å². The molecular formula is C10H23NO2S. The van der Waals surface area contributed by atoms with Crippen molar-refractivity contribution in [2.24, 2.45) is 5.92 Å². The van der Waals surface area contributed by atoms with Gasteiger partial charge in [-0.3, -0.25) is 4.55 Å². The lowest BCUT2D eigenvalue weighted by atomic mass is 9.91. The Bertz CT molecular complexity index is 185. The van der Waals surface area contributed by atoms with E-state index in [2.05, 4.69) is 18.6 Å². The van der Waals surface area contributed by atoms with E-state index in [1.54, 1.807) is 0 Å². The van der Waals surface area contributed by atoms with Gasteiger partial charge in [0, 0.05) is 5.54 Å². The predicted octanol–water partition coefficient (Wildman–Crippen LogP) is 2.71. The first-order valence-electron chi connectivity index (χ1n) is 5.28. The Balaban J connectivity index is 3.92. The molecule has 0 aliphatic rings. The van der Waals surface area contributed by atoms with E-state index in [0.29, 0.717) is 5.92 Å². The number of rotatable bonds is 7. The van der Waals surface area contributed by atoms with Crippen LogP contribution in [0, 0.1) is 5.92 Å². The molecule has 0 aromatic carbocycles. The predicted molar refractivity (Wildman–Crippen MR) is 61.3 cm³/mol. The summed E-state index contributed by atoms with van der Waals surface area (Å²) in [6.45, 7) is 8.43. The highest BCUT2D eigenvalue weighted by Crippen LogP contribution is 2.19. The van der Waals surface area contributed by atoms with Crippen LogP contribution in [0.4, 0.5) is 0 Å². The maximum atomic E-state index is 10.7. The molecule has 0 rings (SSSR count). The van der Waals surface area contributed by atoms with E-state index in [1.165, 1.54) is 6.42 Å². The SMILES string of the molecule is CCC(C)(CCCC(C)C)NS(=O)O. The fourth-order valence-electron chi connectivity index (χ4n) is 1.41. The van der Waals surface area contributed by atoms with E-state index in [4.69, 9.17) is 4.55 Å². The topological polar surface area (TPSA) is 49.3 Å². The molecular weight excluding hydrogens is 198 g/mol. The van der Waals surface area contributed by atoms with Gasteiger partial charge in [-0.2, -0.15) is 0 Å². The third kappa shape index (κ3) is 6.51. The van der Waals surface area contributed by atoms with Crippen molar-refractivity contribution in [2.75, 3.05) is 0 Å². The van der Waals surface area contributed by atoms with E-state index in [1.807, 2.05) is 13.8 Å². The molecule has 0 aliphatic carbocycles. The summed E-state index contributed by atoms with van der Waals surface area (Å²) in [5.41, 5.74) is -0.200. The Morgan fingerprint density at radius 2 is 2.07 bits per heavy atom. The van der Waals surface area contributed by atoms with Gasteiger partial charge in [0.15, 0.2) is 0 Å². The van der Waals surface area contributed by atoms with Crippen LogP contribution in [-0.4, -0.2) is 14.3 Å². The molecule has 0 saturated heterocycles. The standard InChI is InChI=1S/C10H23NO2S/c1-5-10(4,11-14(12)13)8-6-7-9(2)3/h9,11H,5-8H2,1-4H3,(H,12,13). The third-order valence-electron chi connectivity index (χ3n) is 2.62. The van der Waals surface area contributed by atoms with Gasteiger partial charge < -0.3 is 0 Å². The largest absolute Gasteiger partial charge is 0.294 e. The minimum Gasteiger partial charge on any atom is -0.294 e. The molecule has 0 heterocycles. The normalized spacial score (nSPS) is 18.1. The smallest absolute Gasteiger partial charge is 0.232 e. The second kappa shape index (κ2) is 6.53. The maximum absolute atomic E-state index is 10.7. The van der Waals surface area contributed by atoms with Crippen LogP contribution >= 0.6 is 0 Å². The molecule has 2 N–H and O–H groups in total. The van der Waals surface area contributed by atoms with Gasteiger partial charge >= 0.3 is 0 Å². The monoisotopic (exact) mass is 221 g/mol. The van der Waals surface area contributed by atoms with Gasteiger partial charge in [0.25, 0.3) is 0 Å². The van der Waals surface area contributed by atoms with Crippen molar-refractivity contribution in [3.05, 3.63) is 0 Å². The van der Waals surface area contributed by atoms with Gasteiger partial charge in [0.2, 0.25) is 11.3 Å². The second-order valence-electron chi connectivity index (χ2n) is 4.55. The Kier molecular flexibility index (Phi) is 6.57. The summed E-state index contributed by atoms with van der Waals surface area (Å²) in [6, 6.07) is 0. The second-order valence-corrected chi connectivity index (χ2v) is 5.25. The Hall–Kier alpha value is 0.0700. The van der Waals surface area contributed by atoms with E-state index < -0.39 is 11.3 Å². The molecule has 0 saturated carbocycles. The lowest BCUT2D eigenvalue weighted by Gasteiger charge is -2.27. The molecule has 86 valence electrons. The molecule has 3 nitrogen and oxygen atoms in total. The van der Waals surface area contributed by atoms with Crippen LogP contribution in [0.3, 0.4) is 0 Å². The number of hydrogen-bond donors (Lipinski definition) is 2. The quantitative estimate of drug-likeness (QED) is 0.649. The van der Waals surface area contributed by atoms with Gasteiger partial charge in [0.05, 0.1) is 0 Å². The Morgan fingerprint density at radius 3 is 2.43 bits per heavy atom. The van der Waals surface area contributed by atoms with Crippen molar-refractivity contribution in [3.8, 4) is 0 Å². The summed E-state index contributed by atoms with van der Waals surface area (Å²) in [7, 11) is 0. The number of hydrogen-bond acceptors (Lipinski definition) is 1. The van der Waals surface area contributed by atoms with Crippen molar-refractivity contribution in [3.63, 3.8) is 0 Å². The molecule has 0 bridgehead atoms. The zero-order chi connectivity index (χ0) is 11.2. The molecule has 2 atom stereocenters. The minimum absolute atomic E-state index is 0.200. The van der Waals surface area contributed by atoms with Crippen molar-refractivity contribution in [1.82, 2.24) is 4.72 Å². The molecule has 0 aromatic rings. The Labute approximate surface area is 90.1 Å². The summed E-state index contributed by atoms with van der Waals surface area (Å²) in [4.78, 5) is 0. The first-order valence-corrected chi connectivity index (χ1v) is 6.39. The molecule has 0 radical (unpaired) electrons. The average molecular weight is 221 g/mol. The van der Waals surface area contributed by atoms with E-state index in [9.17, 15) is 4.21 Å². The van der Waals surface area contributed by atoms with Gasteiger partial charge in [-0.1, -0.05) is 33.6 Å². The van der Waals surface area contributed by atoms with E-state index in [0.717, 1.165) is 19.3 Å². The molecule has 14 heavy (non-hydrogen) atoms. The van der Waals surface area contributed by atoms with E-state index in [-0.39, 0.29) is 5.54 Å². The van der Waals surface area contributed by atoms with Crippen molar-refractivity contribution >= 4 is 11.3 Å². The van der Waals surface area contributed by atoms with Crippen LogP contribution < -0.4 is 4.72 Å². The molecule has 2 unspecified atom stereocenters. The Morgan fingerprint density at radius 1 is 1.50 bits per heavy atom. The first-order chi connectivity index (χ1) is 6.39. The number of nitrogens with one attached hydrogen (secondary N) is 1. The molecule has 0 aromatic heterocycles.